The number of thiophene rings is 1. The van der Waals surface area contributed by atoms with E-state index in [1.807, 2.05) is 41.8 Å². The number of aromatic nitrogens is 1. The summed E-state index contributed by atoms with van der Waals surface area (Å²) in [5.74, 6) is -0.103. The molecule has 31 heavy (non-hydrogen) atoms. The van der Waals surface area contributed by atoms with E-state index in [2.05, 4.69) is 10.1 Å². The Bertz CT molecular complexity index is 1080. The molecule has 7 nitrogen and oxygen atoms in total. The van der Waals surface area contributed by atoms with Crippen LogP contribution in [-0.4, -0.2) is 40.8 Å². The topological polar surface area (TPSA) is 81.1 Å². The van der Waals surface area contributed by atoms with E-state index in [1.165, 1.54) is 16.3 Å². The summed E-state index contributed by atoms with van der Waals surface area (Å²) in [5.41, 5.74) is 2.40. The summed E-state index contributed by atoms with van der Waals surface area (Å²) in [7, 11) is 0. The third kappa shape index (κ3) is 4.64. The number of benzene rings is 1. The second kappa shape index (κ2) is 9.53. The predicted molar refractivity (Wildman–Crippen MR) is 117 cm³/mol. The van der Waals surface area contributed by atoms with Gasteiger partial charge in [-0.2, -0.15) is 5.10 Å². The number of nitrogens with zero attached hydrogens (tertiary/aromatic N) is 3. The Morgan fingerprint density at radius 1 is 1.16 bits per heavy atom. The monoisotopic (exact) mass is 435 g/mol. The van der Waals surface area contributed by atoms with E-state index in [0.29, 0.717) is 17.0 Å². The molecule has 1 aromatic carbocycles. The van der Waals surface area contributed by atoms with E-state index in [1.54, 1.807) is 31.5 Å². The van der Waals surface area contributed by atoms with Gasteiger partial charge in [0, 0.05) is 29.9 Å². The van der Waals surface area contributed by atoms with Gasteiger partial charge in [-0.25, -0.2) is 9.80 Å². The number of hydrogen-bond acceptors (Lipinski definition) is 7. The number of esters is 1. The van der Waals surface area contributed by atoms with Gasteiger partial charge in [-0.1, -0.05) is 30.3 Å². The lowest BCUT2D eigenvalue weighted by atomic mass is 9.98. The lowest BCUT2D eigenvalue weighted by molar-refractivity contribution is -0.145. The average Bonchev–Trinajstić information content (AvgIpc) is 3.49. The molecule has 1 atom stereocenters. The second-order valence-corrected chi connectivity index (χ2v) is 7.71. The first kappa shape index (κ1) is 20.7. The molecule has 2 aromatic heterocycles. The molecule has 0 bridgehead atoms. The zero-order chi connectivity index (χ0) is 21.6. The molecule has 1 aliphatic heterocycles. The van der Waals surface area contributed by atoms with Crippen molar-refractivity contribution in [1.82, 2.24) is 9.99 Å². The van der Waals surface area contributed by atoms with E-state index in [-0.39, 0.29) is 25.2 Å². The lowest BCUT2D eigenvalue weighted by Crippen LogP contribution is -2.27. The zero-order valence-corrected chi connectivity index (χ0v) is 17.7. The first-order chi connectivity index (χ1) is 15.2. The van der Waals surface area contributed by atoms with Crippen LogP contribution in [0.3, 0.4) is 0 Å². The summed E-state index contributed by atoms with van der Waals surface area (Å²) in [6.07, 6.45) is 3.93. The number of para-hydroxylation sites is 1. The summed E-state index contributed by atoms with van der Waals surface area (Å²) in [6.45, 7) is 1.83. The molecule has 0 radical (unpaired) electrons. The van der Waals surface area contributed by atoms with Crippen molar-refractivity contribution in [2.75, 3.05) is 13.2 Å². The van der Waals surface area contributed by atoms with Gasteiger partial charge in [0.05, 0.1) is 23.2 Å². The molecule has 0 saturated carbocycles. The Balaban J connectivity index is 1.66. The summed E-state index contributed by atoms with van der Waals surface area (Å²) in [5, 5.41) is 8.02. The minimum Gasteiger partial charge on any atom is -0.482 e. The number of rotatable bonds is 7. The first-order valence-electron chi connectivity index (χ1n) is 9.89. The van der Waals surface area contributed by atoms with Crippen LogP contribution in [0.1, 0.15) is 40.2 Å². The maximum absolute atomic E-state index is 13.2. The highest BCUT2D eigenvalue weighted by Crippen LogP contribution is 2.38. The van der Waals surface area contributed by atoms with E-state index in [9.17, 15) is 9.59 Å². The van der Waals surface area contributed by atoms with Crippen molar-refractivity contribution in [3.05, 3.63) is 82.3 Å². The summed E-state index contributed by atoms with van der Waals surface area (Å²) in [4.78, 5) is 29.8. The smallest absolute Gasteiger partial charge is 0.344 e. The summed E-state index contributed by atoms with van der Waals surface area (Å²) in [6, 6.07) is 14.4. The molecular formula is C23H21N3O4S. The molecule has 0 aliphatic carbocycles. The Morgan fingerprint density at radius 2 is 2.03 bits per heavy atom. The first-order valence-corrected chi connectivity index (χ1v) is 10.8. The molecule has 0 fully saturated rings. The third-order valence-corrected chi connectivity index (χ3v) is 5.63. The highest BCUT2D eigenvalue weighted by atomic mass is 32.1. The van der Waals surface area contributed by atoms with Crippen molar-refractivity contribution in [2.24, 2.45) is 5.10 Å². The molecule has 1 unspecified atom stereocenters. The van der Waals surface area contributed by atoms with Crippen molar-refractivity contribution in [2.45, 2.75) is 19.4 Å². The van der Waals surface area contributed by atoms with Crippen LogP contribution in [0.4, 0.5) is 0 Å². The van der Waals surface area contributed by atoms with Crippen molar-refractivity contribution in [3.63, 3.8) is 0 Å². The molecule has 0 spiro atoms. The summed E-state index contributed by atoms with van der Waals surface area (Å²) >= 11 is 1.37. The van der Waals surface area contributed by atoms with Crippen molar-refractivity contribution < 1.29 is 19.1 Å². The number of hydrogen-bond donors (Lipinski definition) is 0. The Hall–Kier alpha value is -3.52. The molecule has 3 heterocycles. The highest BCUT2D eigenvalue weighted by Gasteiger charge is 2.35. The average molecular weight is 436 g/mol. The largest absolute Gasteiger partial charge is 0.482 e. The molecule has 0 saturated heterocycles. The number of pyridine rings is 1. The van der Waals surface area contributed by atoms with E-state index >= 15 is 0 Å². The fraction of sp³-hybridized carbons (Fsp3) is 0.217. The van der Waals surface area contributed by atoms with Gasteiger partial charge in [-0.15, -0.1) is 11.3 Å². The van der Waals surface area contributed by atoms with Gasteiger partial charge < -0.3 is 9.47 Å². The molecule has 0 N–H and O–H groups in total. The fourth-order valence-corrected chi connectivity index (χ4v) is 4.04. The van der Waals surface area contributed by atoms with Crippen LogP contribution in [0, 0.1) is 0 Å². The maximum atomic E-state index is 13.2. The van der Waals surface area contributed by atoms with E-state index in [0.717, 1.165) is 16.8 Å². The zero-order valence-electron chi connectivity index (χ0n) is 16.9. The molecule has 3 aromatic rings. The third-order valence-electron chi connectivity index (χ3n) is 4.77. The maximum Gasteiger partial charge on any atom is 0.344 e. The van der Waals surface area contributed by atoms with Gasteiger partial charge in [-0.05, 0) is 30.5 Å². The fourth-order valence-electron chi connectivity index (χ4n) is 3.39. The van der Waals surface area contributed by atoms with E-state index < -0.39 is 5.97 Å². The molecular weight excluding hydrogens is 414 g/mol. The molecule has 8 heteroatoms. The van der Waals surface area contributed by atoms with Gasteiger partial charge in [0.15, 0.2) is 6.61 Å². The predicted octanol–water partition coefficient (Wildman–Crippen LogP) is 4.08. The number of carbonyl (C=O) groups is 2. The SMILES string of the molecule is CCOC(=O)COc1ccccc1C1CC(c2cccnc2)=NN1C(=O)c1cccs1. The molecule has 1 amide bonds. The molecule has 1 aliphatic rings. The van der Waals surface area contributed by atoms with Crippen LogP contribution >= 0.6 is 11.3 Å². The van der Waals surface area contributed by atoms with Crippen LogP contribution in [0.2, 0.25) is 0 Å². The van der Waals surface area contributed by atoms with Gasteiger partial charge in [0.2, 0.25) is 0 Å². The number of carbonyl (C=O) groups excluding carboxylic acids is 2. The quantitative estimate of drug-likeness (QED) is 0.523. The Morgan fingerprint density at radius 3 is 2.77 bits per heavy atom. The molecule has 4 rings (SSSR count). The van der Waals surface area contributed by atoms with E-state index in [4.69, 9.17) is 9.47 Å². The van der Waals surface area contributed by atoms with Crippen molar-refractivity contribution in [1.29, 1.82) is 0 Å². The van der Waals surface area contributed by atoms with Gasteiger partial charge in [0.25, 0.3) is 5.91 Å². The summed E-state index contributed by atoms with van der Waals surface area (Å²) < 4.78 is 10.7. The number of hydrazone groups is 1. The van der Waals surface area contributed by atoms with Crippen LogP contribution in [0.5, 0.6) is 5.75 Å². The Kier molecular flexibility index (Phi) is 6.37. The second-order valence-electron chi connectivity index (χ2n) is 6.77. The number of amides is 1. The minimum absolute atomic E-state index is 0.181. The normalized spacial score (nSPS) is 15.5. The lowest BCUT2D eigenvalue weighted by Gasteiger charge is -2.23. The van der Waals surface area contributed by atoms with Crippen LogP contribution < -0.4 is 4.74 Å². The van der Waals surface area contributed by atoms with Crippen molar-refractivity contribution >= 4 is 28.9 Å². The van der Waals surface area contributed by atoms with Gasteiger partial charge >= 0.3 is 5.97 Å². The van der Waals surface area contributed by atoms with Crippen LogP contribution in [0.15, 0.2) is 71.4 Å². The van der Waals surface area contributed by atoms with Crippen LogP contribution in [-0.2, 0) is 9.53 Å². The minimum atomic E-state index is -0.442. The van der Waals surface area contributed by atoms with Crippen molar-refractivity contribution in [3.8, 4) is 5.75 Å². The number of ether oxygens (including phenoxy) is 2. The molecule has 158 valence electrons. The highest BCUT2D eigenvalue weighted by molar-refractivity contribution is 7.12. The Labute approximate surface area is 183 Å². The van der Waals surface area contributed by atoms with Crippen LogP contribution in [0.25, 0.3) is 0 Å². The standard InChI is InChI=1S/C23H21N3O4S/c1-2-29-22(27)15-30-20-9-4-3-8-17(20)19-13-18(16-7-5-11-24-14-16)25-26(19)23(28)21-10-6-12-31-21/h3-12,14,19H,2,13,15H2,1H3. The van der Waals surface area contributed by atoms with Gasteiger partial charge in [-0.3, -0.25) is 9.78 Å². The van der Waals surface area contributed by atoms with Gasteiger partial charge in [0.1, 0.15) is 5.75 Å².